The molecule has 0 amide bonds. The highest BCUT2D eigenvalue weighted by Crippen LogP contribution is 2.31. The van der Waals surface area contributed by atoms with Crippen molar-refractivity contribution in [3.63, 3.8) is 0 Å². The maximum atomic E-state index is 11.6. The molecular weight excluding hydrogens is 384 g/mol. The highest BCUT2D eigenvalue weighted by atomic mass is 32.1. The van der Waals surface area contributed by atoms with Gasteiger partial charge in [0.25, 0.3) is 0 Å². The zero-order valence-corrected chi connectivity index (χ0v) is 17.4. The van der Waals surface area contributed by atoms with Gasteiger partial charge >= 0.3 is 5.97 Å². The van der Waals surface area contributed by atoms with Gasteiger partial charge in [-0.15, -0.1) is 11.3 Å². The Balaban J connectivity index is 1.56. The Hall–Kier alpha value is -3.19. The fourth-order valence-electron chi connectivity index (χ4n) is 3.48. The van der Waals surface area contributed by atoms with E-state index in [0.29, 0.717) is 17.4 Å². The van der Waals surface area contributed by atoms with E-state index in [4.69, 9.17) is 4.74 Å². The number of thiazole rings is 1. The number of aromatic nitrogens is 2. The number of fused-ring (bicyclic) bond motifs is 3. The van der Waals surface area contributed by atoms with Crippen molar-refractivity contribution >= 4 is 50.5 Å². The minimum absolute atomic E-state index is 0.172. The second-order valence-electron chi connectivity index (χ2n) is 6.82. The molecule has 0 aliphatic heterocycles. The van der Waals surface area contributed by atoms with Gasteiger partial charge in [0.15, 0.2) is 0 Å². The van der Waals surface area contributed by atoms with E-state index in [1.807, 2.05) is 17.7 Å². The summed E-state index contributed by atoms with van der Waals surface area (Å²) >= 11 is 1.41. The predicted octanol–water partition coefficient (Wildman–Crippen LogP) is 4.95. The number of aryl methyl sites for hydroxylation is 2. The number of carbonyl (C=O) groups is 1. The van der Waals surface area contributed by atoms with Crippen molar-refractivity contribution in [2.24, 2.45) is 5.10 Å². The van der Waals surface area contributed by atoms with Gasteiger partial charge in [0.1, 0.15) is 0 Å². The molecule has 0 atom stereocenters. The summed E-state index contributed by atoms with van der Waals surface area (Å²) in [6, 6.07) is 10.5. The third-order valence-electron chi connectivity index (χ3n) is 4.83. The summed E-state index contributed by atoms with van der Waals surface area (Å²) in [4.78, 5) is 19.4. The van der Waals surface area contributed by atoms with Crippen molar-refractivity contribution in [2.75, 3.05) is 12.0 Å². The Morgan fingerprint density at radius 2 is 2.17 bits per heavy atom. The van der Waals surface area contributed by atoms with Crippen LogP contribution in [0.3, 0.4) is 0 Å². The van der Waals surface area contributed by atoms with Crippen molar-refractivity contribution in [2.45, 2.75) is 27.2 Å². The van der Waals surface area contributed by atoms with E-state index in [0.717, 1.165) is 16.6 Å². The Morgan fingerprint density at radius 1 is 1.34 bits per heavy atom. The van der Waals surface area contributed by atoms with Crippen molar-refractivity contribution in [1.29, 1.82) is 0 Å². The lowest BCUT2D eigenvalue weighted by Gasteiger charge is -2.06. The van der Waals surface area contributed by atoms with Gasteiger partial charge in [0.05, 0.1) is 24.9 Å². The number of aromatic amines is 1. The number of anilines is 1. The molecule has 2 aromatic heterocycles. The van der Waals surface area contributed by atoms with E-state index < -0.39 is 0 Å². The van der Waals surface area contributed by atoms with Crippen LogP contribution in [0.4, 0.5) is 5.13 Å². The van der Waals surface area contributed by atoms with Gasteiger partial charge in [-0.1, -0.05) is 18.2 Å². The number of para-hydroxylation sites is 1. The fraction of sp³-hybridized carbons (Fsp3) is 0.227. The monoisotopic (exact) mass is 406 g/mol. The molecule has 2 heterocycles. The SMILES string of the molecule is CCOC(=O)Cc1csc(NN=Cc2cc(C)c3[nH]c4ccccc4c3c2C)n1. The number of hydrogen-bond acceptors (Lipinski definition) is 6. The van der Waals surface area contributed by atoms with Crippen molar-refractivity contribution < 1.29 is 9.53 Å². The van der Waals surface area contributed by atoms with Crippen molar-refractivity contribution in [3.8, 4) is 0 Å². The zero-order chi connectivity index (χ0) is 20.4. The molecule has 2 N–H and O–H groups in total. The summed E-state index contributed by atoms with van der Waals surface area (Å²) in [6.45, 7) is 6.38. The molecule has 0 fully saturated rings. The quantitative estimate of drug-likeness (QED) is 0.270. The second kappa shape index (κ2) is 8.05. The minimum atomic E-state index is -0.272. The Kier molecular flexibility index (Phi) is 5.31. The lowest BCUT2D eigenvalue weighted by molar-refractivity contribution is -0.142. The van der Waals surface area contributed by atoms with Gasteiger partial charge in [-0.05, 0) is 49.6 Å². The molecule has 29 heavy (non-hydrogen) atoms. The summed E-state index contributed by atoms with van der Waals surface area (Å²) in [5, 5.41) is 9.28. The standard InChI is InChI=1S/C22H22N4O2S/c1-4-28-19(27)10-16-12-29-22(24-16)26-23-11-15-9-13(2)21-20(14(15)3)17-7-5-6-8-18(17)25-21/h5-9,11-12,25H,4,10H2,1-3H3,(H,24,26). The molecular formula is C22H22N4O2S. The summed E-state index contributed by atoms with van der Waals surface area (Å²) in [5.74, 6) is -0.272. The van der Waals surface area contributed by atoms with E-state index in [1.54, 1.807) is 6.92 Å². The minimum Gasteiger partial charge on any atom is -0.466 e. The molecule has 0 radical (unpaired) electrons. The summed E-state index contributed by atoms with van der Waals surface area (Å²) in [7, 11) is 0. The van der Waals surface area contributed by atoms with Crippen LogP contribution in [0.25, 0.3) is 21.8 Å². The van der Waals surface area contributed by atoms with Crippen molar-refractivity contribution in [3.05, 3.63) is 58.1 Å². The Bertz CT molecular complexity index is 1220. The molecule has 0 aliphatic rings. The maximum absolute atomic E-state index is 11.6. The Morgan fingerprint density at radius 3 is 3.00 bits per heavy atom. The molecule has 0 saturated carbocycles. The summed E-state index contributed by atoms with van der Waals surface area (Å²) < 4.78 is 4.95. The largest absolute Gasteiger partial charge is 0.466 e. The van der Waals surface area contributed by atoms with Crippen LogP contribution in [-0.2, 0) is 16.0 Å². The van der Waals surface area contributed by atoms with Crippen LogP contribution < -0.4 is 5.43 Å². The van der Waals surface area contributed by atoms with Gasteiger partial charge in [-0.2, -0.15) is 5.10 Å². The molecule has 0 aliphatic carbocycles. The van der Waals surface area contributed by atoms with Gasteiger partial charge < -0.3 is 9.72 Å². The third kappa shape index (κ3) is 3.86. The predicted molar refractivity (Wildman–Crippen MR) is 119 cm³/mol. The summed E-state index contributed by atoms with van der Waals surface area (Å²) in [5.41, 5.74) is 9.34. The van der Waals surface area contributed by atoms with Crippen LogP contribution in [0, 0.1) is 13.8 Å². The molecule has 148 valence electrons. The number of esters is 1. The topological polar surface area (TPSA) is 79.4 Å². The molecule has 4 rings (SSSR count). The maximum Gasteiger partial charge on any atom is 0.311 e. The van der Waals surface area contributed by atoms with E-state index in [1.165, 1.54) is 33.2 Å². The average Bonchev–Trinajstić information content (AvgIpc) is 3.30. The number of hydrazone groups is 1. The van der Waals surface area contributed by atoms with Crippen LogP contribution in [0.2, 0.25) is 0 Å². The van der Waals surface area contributed by atoms with Gasteiger partial charge in [-0.25, -0.2) is 4.98 Å². The lowest BCUT2D eigenvalue weighted by atomic mass is 9.99. The smallest absolute Gasteiger partial charge is 0.311 e. The van der Waals surface area contributed by atoms with Gasteiger partial charge in [0, 0.05) is 27.2 Å². The molecule has 0 spiro atoms. The highest BCUT2D eigenvalue weighted by Gasteiger charge is 2.12. The molecule has 0 bridgehead atoms. The number of ether oxygens (including phenoxy) is 1. The number of H-pyrrole nitrogens is 1. The highest BCUT2D eigenvalue weighted by molar-refractivity contribution is 7.13. The van der Waals surface area contributed by atoms with E-state index in [2.05, 4.69) is 58.6 Å². The number of rotatable bonds is 6. The first-order valence-electron chi connectivity index (χ1n) is 9.46. The second-order valence-corrected chi connectivity index (χ2v) is 7.68. The fourth-order valence-corrected chi connectivity index (χ4v) is 4.13. The number of hydrogen-bond donors (Lipinski definition) is 2. The first kappa shape index (κ1) is 19.1. The summed E-state index contributed by atoms with van der Waals surface area (Å²) in [6.07, 6.45) is 1.99. The van der Waals surface area contributed by atoms with E-state index in [-0.39, 0.29) is 12.4 Å². The first-order valence-corrected chi connectivity index (χ1v) is 10.3. The van der Waals surface area contributed by atoms with Crippen LogP contribution in [0.1, 0.15) is 29.3 Å². The van der Waals surface area contributed by atoms with Crippen LogP contribution in [0.5, 0.6) is 0 Å². The Labute approximate surface area is 172 Å². The molecule has 0 unspecified atom stereocenters. The van der Waals surface area contributed by atoms with Crippen molar-refractivity contribution in [1.82, 2.24) is 9.97 Å². The zero-order valence-electron chi connectivity index (χ0n) is 16.6. The normalized spacial score (nSPS) is 11.6. The van der Waals surface area contributed by atoms with Gasteiger partial charge in [-0.3, -0.25) is 10.2 Å². The number of carbonyl (C=O) groups excluding carboxylic acids is 1. The molecule has 0 saturated heterocycles. The van der Waals surface area contributed by atoms with Gasteiger partial charge in [0.2, 0.25) is 5.13 Å². The average molecular weight is 407 g/mol. The lowest BCUT2D eigenvalue weighted by Crippen LogP contribution is -2.07. The first-order chi connectivity index (χ1) is 14.1. The number of benzene rings is 2. The van der Waals surface area contributed by atoms with Crippen LogP contribution >= 0.6 is 11.3 Å². The van der Waals surface area contributed by atoms with Crippen LogP contribution in [-0.4, -0.2) is 28.8 Å². The molecule has 7 heteroatoms. The van der Waals surface area contributed by atoms with E-state index in [9.17, 15) is 4.79 Å². The third-order valence-corrected chi connectivity index (χ3v) is 5.62. The molecule has 6 nitrogen and oxygen atoms in total. The molecule has 4 aromatic rings. The number of nitrogens with one attached hydrogen (secondary N) is 2. The van der Waals surface area contributed by atoms with E-state index >= 15 is 0 Å². The van der Waals surface area contributed by atoms with Crippen LogP contribution in [0.15, 0.2) is 40.8 Å². The number of nitrogens with zero attached hydrogens (tertiary/aromatic N) is 2. The molecule has 2 aromatic carbocycles.